The summed E-state index contributed by atoms with van der Waals surface area (Å²) in [5.41, 5.74) is 8.74. The Hall–Kier alpha value is -4.88. The Labute approximate surface area is 287 Å². The standard InChI is InChI=1S/C20H13ClO2.C13H7BrO2.C6H6ClN/c21-18-7-3-1-5-14(18)11-13-9-10-15-16-6-2-4-8-19(16)23-20(22)17(15)12-13;14-8-5-6-9-10-3-1-2-4-12(10)16-13(15)11(9)7-8;7-5-3-1-2-4-6(5)8/h1-10,12H,11H2;1-7H;1-4H,8H2. The van der Waals surface area contributed by atoms with E-state index in [4.69, 9.17) is 37.8 Å². The first-order chi connectivity index (χ1) is 22.8. The summed E-state index contributed by atoms with van der Waals surface area (Å²) in [6.07, 6.45) is 0.682. The van der Waals surface area contributed by atoms with Gasteiger partial charge in [0.1, 0.15) is 11.2 Å². The maximum Gasteiger partial charge on any atom is 0.344 e. The molecule has 0 radical (unpaired) electrons. The number of nitrogens with two attached hydrogens (primary N) is 1. The molecule has 5 nitrogen and oxygen atoms in total. The van der Waals surface area contributed by atoms with Crippen molar-refractivity contribution in [3.63, 3.8) is 0 Å². The number of para-hydroxylation sites is 3. The number of nitrogen functional groups attached to an aromatic ring is 1. The van der Waals surface area contributed by atoms with Crippen molar-refractivity contribution in [3.8, 4) is 0 Å². The largest absolute Gasteiger partial charge is 0.422 e. The summed E-state index contributed by atoms with van der Waals surface area (Å²) < 4.78 is 11.6. The van der Waals surface area contributed by atoms with Gasteiger partial charge in [0.2, 0.25) is 0 Å². The zero-order chi connectivity index (χ0) is 32.9. The zero-order valence-corrected chi connectivity index (χ0v) is 27.9. The summed E-state index contributed by atoms with van der Waals surface area (Å²) in [6.45, 7) is 0. The predicted molar refractivity (Wildman–Crippen MR) is 198 cm³/mol. The van der Waals surface area contributed by atoms with Gasteiger partial charge in [-0.1, -0.05) is 124 Å². The summed E-state index contributed by atoms with van der Waals surface area (Å²) in [6, 6.07) is 41.7. The smallest absolute Gasteiger partial charge is 0.344 e. The molecule has 8 aromatic rings. The molecule has 2 heterocycles. The van der Waals surface area contributed by atoms with Gasteiger partial charge in [-0.05, 0) is 76.9 Å². The lowest BCUT2D eigenvalue weighted by atomic mass is 10.0. The molecule has 0 aliphatic rings. The molecule has 8 rings (SSSR count). The van der Waals surface area contributed by atoms with Gasteiger partial charge < -0.3 is 14.6 Å². The van der Waals surface area contributed by atoms with E-state index in [1.54, 1.807) is 24.3 Å². The van der Waals surface area contributed by atoms with Crippen LogP contribution in [0.5, 0.6) is 0 Å². The van der Waals surface area contributed by atoms with Crippen LogP contribution in [0.15, 0.2) is 156 Å². The monoisotopic (exact) mass is 721 g/mol. The summed E-state index contributed by atoms with van der Waals surface area (Å²) >= 11 is 15.2. The van der Waals surface area contributed by atoms with E-state index in [2.05, 4.69) is 15.9 Å². The Kier molecular flexibility index (Phi) is 9.73. The highest BCUT2D eigenvalue weighted by molar-refractivity contribution is 9.10. The quantitative estimate of drug-likeness (QED) is 0.109. The zero-order valence-electron chi connectivity index (χ0n) is 24.8. The van der Waals surface area contributed by atoms with Crippen LogP contribution in [0.1, 0.15) is 11.1 Å². The van der Waals surface area contributed by atoms with E-state index in [1.807, 2.05) is 109 Å². The van der Waals surface area contributed by atoms with Crippen molar-refractivity contribution < 1.29 is 8.83 Å². The minimum absolute atomic E-state index is 0.296. The van der Waals surface area contributed by atoms with Gasteiger partial charge in [0.05, 0.1) is 21.5 Å². The highest BCUT2D eigenvalue weighted by Gasteiger charge is 2.09. The molecule has 6 aromatic carbocycles. The van der Waals surface area contributed by atoms with E-state index in [0.29, 0.717) is 39.1 Å². The summed E-state index contributed by atoms with van der Waals surface area (Å²) in [5, 5.41) is 6.32. The lowest BCUT2D eigenvalue weighted by Crippen LogP contribution is -2.01. The molecular formula is C39H26BrCl2NO4. The minimum atomic E-state index is -0.306. The van der Waals surface area contributed by atoms with Gasteiger partial charge in [-0.2, -0.15) is 0 Å². The van der Waals surface area contributed by atoms with Crippen LogP contribution in [0.3, 0.4) is 0 Å². The van der Waals surface area contributed by atoms with Gasteiger partial charge >= 0.3 is 11.3 Å². The average Bonchev–Trinajstić information content (AvgIpc) is 3.08. The van der Waals surface area contributed by atoms with E-state index in [0.717, 1.165) is 42.2 Å². The van der Waals surface area contributed by atoms with E-state index < -0.39 is 0 Å². The Morgan fingerprint density at radius 1 is 0.532 bits per heavy atom. The molecule has 0 saturated carbocycles. The van der Waals surface area contributed by atoms with E-state index in [9.17, 15) is 9.59 Å². The van der Waals surface area contributed by atoms with Crippen molar-refractivity contribution in [2.75, 3.05) is 5.73 Å². The first-order valence-corrected chi connectivity index (χ1v) is 16.1. The topological polar surface area (TPSA) is 86.4 Å². The van der Waals surface area contributed by atoms with Crippen LogP contribution in [-0.4, -0.2) is 0 Å². The first-order valence-electron chi connectivity index (χ1n) is 14.6. The number of benzene rings is 6. The fraction of sp³-hybridized carbons (Fsp3) is 0.0256. The van der Waals surface area contributed by atoms with Crippen molar-refractivity contribution in [1.29, 1.82) is 0 Å². The lowest BCUT2D eigenvalue weighted by molar-refractivity contribution is 0.569. The Morgan fingerprint density at radius 2 is 1.04 bits per heavy atom. The molecular weight excluding hydrogens is 697 g/mol. The number of halogens is 3. The molecule has 8 heteroatoms. The van der Waals surface area contributed by atoms with Crippen LogP contribution < -0.4 is 17.0 Å². The molecule has 0 aliphatic heterocycles. The fourth-order valence-corrected chi connectivity index (χ4v) is 5.93. The van der Waals surface area contributed by atoms with Crippen LogP contribution in [0.4, 0.5) is 5.69 Å². The SMILES string of the molecule is Nc1ccccc1Cl.O=c1oc2ccccc2c2ccc(Br)cc12.O=c1oc2ccccc2c2ccc(Cc3ccccc3Cl)cc12. The molecule has 0 fully saturated rings. The molecule has 0 saturated heterocycles. The lowest BCUT2D eigenvalue weighted by Gasteiger charge is -2.07. The van der Waals surface area contributed by atoms with Crippen molar-refractivity contribution in [2.24, 2.45) is 0 Å². The molecule has 0 bridgehead atoms. The van der Waals surface area contributed by atoms with Crippen LogP contribution in [0.25, 0.3) is 43.5 Å². The second-order valence-corrected chi connectivity index (χ2v) is 12.4. The summed E-state index contributed by atoms with van der Waals surface area (Å²) in [5.74, 6) is 0. The molecule has 0 amide bonds. The third-order valence-electron chi connectivity index (χ3n) is 7.52. The van der Waals surface area contributed by atoms with Crippen molar-refractivity contribution in [3.05, 3.63) is 180 Å². The molecule has 0 unspecified atom stereocenters. The number of anilines is 1. The number of fused-ring (bicyclic) bond motifs is 6. The number of hydrogen-bond donors (Lipinski definition) is 1. The normalized spacial score (nSPS) is 10.8. The highest BCUT2D eigenvalue weighted by atomic mass is 79.9. The molecule has 2 aromatic heterocycles. The van der Waals surface area contributed by atoms with Crippen LogP contribution >= 0.6 is 39.1 Å². The van der Waals surface area contributed by atoms with Gasteiger partial charge in [0, 0.05) is 20.3 Å². The third-order valence-corrected chi connectivity index (χ3v) is 8.73. The maximum atomic E-state index is 12.3. The van der Waals surface area contributed by atoms with Crippen molar-refractivity contribution >= 4 is 88.3 Å². The van der Waals surface area contributed by atoms with Crippen molar-refractivity contribution in [1.82, 2.24) is 0 Å². The molecule has 0 aliphatic carbocycles. The highest BCUT2D eigenvalue weighted by Crippen LogP contribution is 2.27. The van der Waals surface area contributed by atoms with Crippen LogP contribution in [-0.2, 0) is 6.42 Å². The second kappa shape index (κ2) is 14.3. The van der Waals surface area contributed by atoms with E-state index in [1.165, 1.54) is 0 Å². The molecule has 232 valence electrons. The van der Waals surface area contributed by atoms with E-state index >= 15 is 0 Å². The van der Waals surface area contributed by atoms with Gasteiger partial charge in [0.25, 0.3) is 0 Å². The third kappa shape index (κ3) is 7.26. The van der Waals surface area contributed by atoms with Crippen LogP contribution in [0, 0.1) is 0 Å². The predicted octanol–water partition coefficient (Wildman–Crippen LogP) is 10.8. The van der Waals surface area contributed by atoms with Gasteiger partial charge in [0.15, 0.2) is 0 Å². The number of rotatable bonds is 2. The minimum Gasteiger partial charge on any atom is -0.422 e. The molecule has 2 N–H and O–H groups in total. The Morgan fingerprint density at radius 3 is 1.62 bits per heavy atom. The Balaban J connectivity index is 0.000000139. The van der Waals surface area contributed by atoms with Crippen LogP contribution in [0.2, 0.25) is 10.0 Å². The molecule has 47 heavy (non-hydrogen) atoms. The Bertz CT molecular complexity index is 2490. The van der Waals surface area contributed by atoms with Gasteiger partial charge in [-0.15, -0.1) is 0 Å². The summed E-state index contributed by atoms with van der Waals surface area (Å²) in [4.78, 5) is 24.0. The maximum absolute atomic E-state index is 12.3. The van der Waals surface area contributed by atoms with E-state index in [-0.39, 0.29) is 11.3 Å². The molecule has 0 atom stereocenters. The molecule has 0 spiro atoms. The average molecular weight is 723 g/mol. The summed E-state index contributed by atoms with van der Waals surface area (Å²) in [7, 11) is 0. The second-order valence-electron chi connectivity index (χ2n) is 10.6. The van der Waals surface area contributed by atoms with Gasteiger partial charge in [-0.3, -0.25) is 0 Å². The first kappa shape index (κ1) is 32.1. The fourth-order valence-electron chi connectivity index (χ4n) is 5.23. The van der Waals surface area contributed by atoms with Gasteiger partial charge in [-0.25, -0.2) is 9.59 Å². The number of hydrogen-bond acceptors (Lipinski definition) is 5. The van der Waals surface area contributed by atoms with Crippen molar-refractivity contribution in [2.45, 2.75) is 6.42 Å².